The molecule has 0 fully saturated rings. The van der Waals surface area contributed by atoms with Gasteiger partial charge in [-0.3, -0.25) is 14.5 Å². The van der Waals surface area contributed by atoms with Crippen molar-refractivity contribution >= 4 is 28.5 Å². The van der Waals surface area contributed by atoms with E-state index in [1.54, 1.807) is 55.5 Å². The fourth-order valence-electron chi connectivity index (χ4n) is 4.47. The number of carbonyl (C=O) groups excluding carboxylic acids is 2. The molecule has 0 aliphatic carbocycles. The van der Waals surface area contributed by atoms with Crippen LogP contribution in [0.1, 0.15) is 58.3 Å². The van der Waals surface area contributed by atoms with Crippen LogP contribution in [0, 0.1) is 5.82 Å². The van der Waals surface area contributed by atoms with Crippen molar-refractivity contribution in [2.24, 2.45) is 0 Å². The molecule has 0 saturated heterocycles. The van der Waals surface area contributed by atoms with Crippen molar-refractivity contribution in [2.75, 3.05) is 18.1 Å². The molecule has 8 heteroatoms. The quantitative estimate of drug-likeness (QED) is 0.304. The monoisotopic (exact) mass is 501 g/mol. The summed E-state index contributed by atoms with van der Waals surface area (Å²) in [7, 11) is 0. The third kappa shape index (κ3) is 4.35. The van der Waals surface area contributed by atoms with Crippen LogP contribution in [0.15, 0.2) is 75.9 Å². The van der Waals surface area contributed by atoms with Crippen molar-refractivity contribution < 1.29 is 27.9 Å². The minimum Gasteiger partial charge on any atom is -0.494 e. The lowest BCUT2D eigenvalue weighted by molar-refractivity contribution is 0.0526. The summed E-state index contributed by atoms with van der Waals surface area (Å²) in [6.07, 6.45) is 0.854. The predicted octanol–water partition coefficient (Wildman–Crippen LogP) is 5.65. The molecule has 4 aromatic rings. The van der Waals surface area contributed by atoms with Crippen LogP contribution in [0.5, 0.6) is 5.75 Å². The topological polar surface area (TPSA) is 86.0 Å². The first-order chi connectivity index (χ1) is 17.9. The molecule has 37 heavy (non-hydrogen) atoms. The van der Waals surface area contributed by atoms with Gasteiger partial charge in [-0.1, -0.05) is 19.1 Å². The first-order valence-corrected chi connectivity index (χ1v) is 12.0. The molecule has 1 aliphatic rings. The second kappa shape index (κ2) is 9.89. The Morgan fingerprint density at radius 3 is 2.41 bits per heavy atom. The Bertz CT molecular complexity index is 1540. The normalized spacial score (nSPS) is 14.6. The highest BCUT2D eigenvalue weighted by atomic mass is 19.1. The van der Waals surface area contributed by atoms with E-state index in [1.165, 1.54) is 17.0 Å². The molecule has 0 N–H and O–H groups in total. The van der Waals surface area contributed by atoms with Gasteiger partial charge in [-0.05, 0) is 73.5 Å². The Kier molecular flexibility index (Phi) is 6.48. The lowest BCUT2D eigenvalue weighted by Gasteiger charge is -2.25. The van der Waals surface area contributed by atoms with E-state index in [2.05, 4.69) is 0 Å². The molecule has 7 nitrogen and oxygen atoms in total. The van der Waals surface area contributed by atoms with Crippen LogP contribution in [-0.2, 0) is 4.74 Å². The van der Waals surface area contributed by atoms with E-state index in [9.17, 15) is 18.8 Å². The second-order valence-electron chi connectivity index (χ2n) is 8.58. The average Bonchev–Trinajstić information content (AvgIpc) is 3.20. The Morgan fingerprint density at radius 1 is 1.00 bits per heavy atom. The first kappa shape index (κ1) is 24.2. The smallest absolute Gasteiger partial charge is 0.338 e. The number of benzene rings is 3. The molecule has 5 rings (SSSR count). The van der Waals surface area contributed by atoms with Crippen molar-refractivity contribution in [2.45, 2.75) is 26.3 Å². The summed E-state index contributed by atoms with van der Waals surface area (Å²) in [5.74, 6) is -1.01. The first-order valence-electron chi connectivity index (χ1n) is 12.0. The van der Waals surface area contributed by atoms with E-state index >= 15 is 0 Å². The summed E-state index contributed by atoms with van der Waals surface area (Å²) in [5.41, 5.74) is 1.20. The molecule has 0 bridgehead atoms. The highest BCUT2D eigenvalue weighted by molar-refractivity contribution is 6.10. The lowest BCUT2D eigenvalue weighted by atomic mass is 9.98. The molecule has 0 radical (unpaired) electrons. The number of esters is 1. The van der Waals surface area contributed by atoms with Gasteiger partial charge in [0.05, 0.1) is 35.8 Å². The van der Waals surface area contributed by atoms with Crippen LogP contribution >= 0.6 is 0 Å². The second-order valence-corrected chi connectivity index (χ2v) is 8.58. The number of rotatable bonds is 7. The molecule has 2 heterocycles. The van der Waals surface area contributed by atoms with Crippen molar-refractivity contribution in [1.82, 2.24) is 0 Å². The van der Waals surface area contributed by atoms with Crippen molar-refractivity contribution in [1.29, 1.82) is 0 Å². The summed E-state index contributed by atoms with van der Waals surface area (Å²) in [5, 5.41) is 0.0546. The lowest BCUT2D eigenvalue weighted by Crippen LogP contribution is -2.29. The van der Waals surface area contributed by atoms with Crippen molar-refractivity contribution in [3.63, 3.8) is 0 Å². The molecule has 1 unspecified atom stereocenters. The van der Waals surface area contributed by atoms with Crippen molar-refractivity contribution in [3.8, 4) is 5.75 Å². The molecular formula is C29H24FNO6. The SMILES string of the molecule is CCCOc1ccc(C2c3c(oc4ccc(F)cc4c3=O)C(=O)N2c2ccc(C(=O)OCC)cc2)cc1. The minimum absolute atomic E-state index is 0.0546. The van der Waals surface area contributed by atoms with Gasteiger partial charge in [-0.15, -0.1) is 0 Å². The Hall–Kier alpha value is -4.46. The van der Waals surface area contributed by atoms with Gasteiger partial charge in [-0.25, -0.2) is 9.18 Å². The molecular weight excluding hydrogens is 477 g/mol. The number of carbonyl (C=O) groups is 2. The third-order valence-electron chi connectivity index (χ3n) is 6.16. The summed E-state index contributed by atoms with van der Waals surface area (Å²) in [6.45, 7) is 4.52. The van der Waals surface area contributed by atoms with E-state index < -0.39 is 29.2 Å². The zero-order chi connectivity index (χ0) is 26.1. The molecule has 0 saturated carbocycles. The van der Waals surface area contributed by atoms with Gasteiger partial charge in [0.1, 0.15) is 17.1 Å². The zero-order valence-electron chi connectivity index (χ0n) is 20.3. The zero-order valence-corrected chi connectivity index (χ0v) is 20.3. The number of hydrogen-bond acceptors (Lipinski definition) is 6. The maximum atomic E-state index is 14.0. The number of nitrogens with zero attached hydrogens (tertiary/aromatic N) is 1. The van der Waals surface area contributed by atoms with Gasteiger partial charge in [-0.2, -0.15) is 0 Å². The van der Waals surface area contributed by atoms with E-state index in [4.69, 9.17) is 13.9 Å². The van der Waals surface area contributed by atoms with Gasteiger partial charge < -0.3 is 13.9 Å². The molecule has 0 spiro atoms. The van der Waals surface area contributed by atoms with Gasteiger partial charge in [0.2, 0.25) is 5.76 Å². The number of fused-ring (bicyclic) bond motifs is 2. The predicted molar refractivity (Wildman–Crippen MR) is 136 cm³/mol. The van der Waals surface area contributed by atoms with Gasteiger partial charge in [0.15, 0.2) is 5.43 Å². The van der Waals surface area contributed by atoms with Gasteiger partial charge >= 0.3 is 5.97 Å². The molecule has 1 atom stereocenters. The van der Waals surface area contributed by atoms with Crippen LogP contribution < -0.4 is 15.1 Å². The fourth-order valence-corrected chi connectivity index (χ4v) is 4.47. The summed E-state index contributed by atoms with van der Waals surface area (Å²) < 4.78 is 30.6. The minimum atomic E-state index is -0.833. The van der Waals surface area contributed by atoms with E-state index in [0.29, 0.717) is 29.2 Å². The molecule has 188 valence electrons. The summed E-state index contributed by atoms with van der Waals surface area (Å²) in [6, 6.07) is 16.3. The molecule has 3 aromatic carbocycles. The Balaban J connectivity index is 1.65. The number of hydrogen-bond donors (Lipinski definition) is 0. The fraction of sp³-hybridized carbons (Fsp3) is 0.207. The number of ether oxygens (including phenoxy) is 2. The number of halogens is 1. The van der Waals surface area contributed by atoms with Gasteiger partial charge in [0.25, 0.3) is 5.91 Å². The van der Waals surface area contributed by atoms with Crippen LogP contribution in [0.25, 0.3) is 11.0 Å². The molecule has 1 amide bonds. The molecule has 1 aromatic heterocycles. The summed E-state index contributed by atoms with van der Waals surface area (Å²) in [4.78, 5) is 40.9. The van der Waals surface area contributed by atoms with Gasteiger partial charge in [0, 0.05) is 5.69 Å². The van der Waals surface area contributed by atoms with Crippen LogP contribution in [0.4, 0.5) is 10.1 Å². The van der Waals surface area contributed by atoms with E-state index in [-0.39, 0.29) is 28.9 Å². The Morgan fingerprint density at radius 2 is 1.73 bits per heavy atom. The third-order valence-corrected chi connectivity index (χ3v) is 6.16. The van der Waals surface area contributed by atoms with E-state index in [1.807, 2.05) is 6.92 Å². The number of anilines is 1. The highest BCUT2D eigenvalue weighted by Crippen LogP contribution is 2.41. The average molecular weight is 502 g/mol. The maximum absolute atomic E-state index is 14.0. The standard InChI is InChI=1S/C29H24FNO6/c1-3-15-36-21-12-7-17(8-13-21)25-24-26(32)22-16-19(30)9-14-23(22)37-27(24)28(33)31(25)20-10-5-18(6-11-20)29(34)35-4-2/h5-14,16,25H,3-4,15H2,1-2H3. The number of amides is 1. The van der Waals surface area contributed by atoms with Crippen LogP contribution in [-0.4, -0.2) is 25.1 Å². The highest BCUT2D eigenvalue weighted by Gasteiger charge is 2.43. The van der Waals surface area contributed by atoms with Crippen LogP contribution in [0.2, 0.25) is 0 Å². The molecule has 1 aliphatic heterocycles. The van der Waals surface area contributed by atoms with Crippen LogP contribution in [0.3, 0.4) is 0 Å². The largest absolute Gasteiger partial charge is 0.494 e. The van der Waals surface area contributed by atoms with E-state index in [0.717, 1.165) is 12.5 Å². The summed E-state index contributed by atoms with van der Waals surface area (Å²) >= 11 is 0. The maximum Gasteiger partial charge on any atom is 0.338 e. The van der Waals surface area contributed by atoms with Crippen molar-refractivity contribution in [3.05, 3.63) is 105 Å². The Labute approximate surface area is 212 Å².